The van der Waals surface area contributed by atoms with Gasteiger partial charge < -0.3 is 24.7 Å². The van der Waals surface area contributed by atoms with Crippen molar-refractivity contribution in [1.29, 1.82) is 0 Å². The lowest BCUT2D eigenvalue weighted by molar-refractivity contribution is -0.141. The average Bonchev–Trinajstić information content (AvgIpc) is 2.90. The van der Waals surface area contributed by atoms with Crippen molar-refractivity contribution >= 4 is 5.97 Å². The quantitative estimate of drug-likeness (QED) is 0.803. The maximum absolute atomic E-state index is 11.4. The second-order valence-electron chi connectivity index (χ2n) is 4.16. The van der Waals surface area contributed by atoms with E-state index in [1.165, 1.54) is 7.11 Å². The molecule has 2 N–H and O–H groups in total. The molecular formula is C13H17NO5. The standard InChI is InChI=1S/C13H17NO5/c1-16-10-5-12-11(18-7-19-12)4-9(10)8(6-14)3-13(15)17-2/h4-5,8H,3,6-7,14H2,1-2H3. The number of esters is 1. The van der Waals surface area contributed by atoms with Gasteiger partial charge in [-0.1, -0.05) is 0 Å². The Morgan fingerprint density at radius 3 is 2.63 bits per heavy atom. The molecule has 0 fully saturated rings. The Hall–Kier alpha value is -1.95. The Morgan fingerprint density at radius 2 is 2.05 bits per heavy atom. The molecule has 0 aromatic heterocycles. The molecule has 1 unspecified atom stereocenters. The fourth-order valence-corrected chi connectivity index (χ4v) is 2.04. The second-order valence-corrected chi connectivity index (χ2v) is 4.16. The van der Waals surface area contributed by atoms with Gasteiger partial charge >= 0.3 is 5.97 Å². The molecule has 1 atom stereocenters. The monoisotopic (exact) mass is 267 g/mol. The summed E-state index contributed by atoms with van der Waals surface area (Å²) in [5.74, 6) is 1.41. The van der Waals surface area contributed by atoms with Crippen LogP contribution >= 0.6 is 0 Å². The summed E-state index contributed by atoms with van der Waals surface area (Å²) >= 11 is 0. The summed E-state index contributed by atoms with van der Waals surface area (Å²) in [6.45, 7) is 0.497. The van der Waals surface area contributed by atoms with E-state index in [2.05, 4.69) is 4.74 Å². The highest BCUT2D eigenvalue weighted by atomic mass is 16.7. The number of fused-ring (bicyclic) bond motifs is 1. The zero-order chi connectivity index (χ0) is 13.8. The summed E-state index contributed by atoms with van der Waals surface area (Å²) in [6.07, 6.45) is 0.197. The third kappa shape index (κ3) is 2.73. The highest BCUT2D eigenvalue weighted by Gasteiger charge is 2.24. The van der Waals surface area contributed by atoms with E-state index in [1.54, 1.807) is 13.2 Å². The molecular weight excluding hydrogens is 250 g/mol. The van der Waals surface area contributed by atoms with Crippen LogP contribution in [0.25, 0.3) is 0 Å². The third-order valence-corrected chi connectivity index (χ3v) is 3.09. The maximum Gasteiger partial charge on any atom is 0.306 e. The van der Waals surface area contributed by atoms with Crippen LogP contribution in [-0.2, 0) is 9.53 Å². The van der Waals surface area contributed by atoms with Crippen molar-refractivity contribution in [2.24, 2.45) is 5.73 Å². The van der Waals surface area contributed by atoms with E-state index >= 15 is 0 Å². The molecule has 1 aliphatic rings. The smallest absolute Gasteiger partial charge is 0.306 e. The molecule has 0 radical (unpaired) electrons. The van der Waals surface area contributed by atoms with Crippen molar-refractivity contribution in [1.82, 2.24) is 0 Å². The lowest BCUT2D eigenvalue weighted by Gasteiger charge is -2.17. The van der Waals surface area contributed by atoms with Gasteiger partial charge in [0.1, 0.15) is 5.75 Å². The fourth-order valence-electron chi connectivity index (χ4n) is 2.04. The van der Waals surface area contributed by atoms with Crippen molar-refractivity contribution in [3.05, 3.63) is 17.7 Å². The van der Waals surface area contributed by atoms with Crippen molar-refractivity contribution < 1.29 is 23.7 Å². The van der Waals surface area contributed by atoms with Gasteiger partial charge in [-0.2, -0.15) is 0 Å². The average molecular weight is 267 g/mol. The van der Waals surface area contributed by atoms with Gasteiger partial charge in [0.25, 0.3) is 0 Å². The van der Waals surface area contributed by atoms with Crippen molar-refractivity contribution in [2.45, 2.75) is 12.3 Å². The number of ether oxygens (including phenoxy) is 4. The number of hydrogen-bond acceptors (Lipinski definition) is 6. The molecule has 0 spiro atoms. The minimum absolute atomic E-state index is 0.183. The van der Waals surface area contributed by atoms with E-state index < -0.39 is 0 Å². The van der Waals surface area contributed by atoms with Crippen LogP contribution in [-0.4, -0.2) is 33.5 Å². The first kappa shape index (κ1) is 13.5. The van der Waals surface area contributed by atoms with Crippen molar-refractivity contribution in [3.8, 4) is 17.2 Å². The van der Waals surface area contributed by atoms with E-state index in [4.69, 9.17) is 19.9 Å². The van der Waals surface area contributed by atoms with Crippen LogP contribution in [0.1, 0.15) is 17.9 Å². The van der Waals surface area contributed by atoms with Gasteiger partial charge in [0, 0.05) is 17.5 Å². The van der Waals surface area contributed by atoms with Gasteiger partial charge in [0.2, 0.25) is 6.79 Å². The number of rotatable bonds is 5. The molecule has 1 aromatic carbocycles. The van der Waals surface area contributed by atoms with Gasteiger partial charge in [-0.25, -0.2) is 0 Å². The minimum Gasteiger partial charge on any atom is -0.496 e. The lowest BCUT2D eigenvalue weighted by Crippen LogP contribution is -2.18. The number of methoxy groups -OCH3 is 2. The summed E-state index contributed by atoms with van der Waals surface area (Å²) < 4.78 is 20.6. The maximum atomic E-state index is 11.4. The van der Waals surface area contributed by atoms with Gasteiger partial charge in [0.15, 0.2) is 11.5 Å². The number of carbonyl (C=O) groups excluding carboxylic acids is 1. The van der Waals surface area contributed by atoms with E-state index in [0.29, 0.717) is 23.8 Å². The van der Waals surface area contributed by atoms with E-state index in [1.807, 2.05) is 6.07 Å². The molecule has 104 valence electrons. The number of carbonyl (C=O) groups is 1. The van der Waals surface area contributed by atoms with Crippen molar-refractivity contribution in [3.63, 3.8) is 0 Å². The summed E-state index contributed by atoms with van der Waals surface area (Å²) in [6, 6.07) is 3.55. The normalized spacial score (nSPS) is 14.1. The van der Waals surface area contributed by atoms with Gasteiger partial charge in [-0.3, -0.25) is 4.79 Å². The van der Waals surface area contributed by atoms with Gasteiger partial charge in [-0.05, 0) is 12.6 Å². The zero-order valence-corrected chi connectivity index (χ0v) is 11.0. The highest BCUT2D eigenvalue weighted by molar-refractivity contribution is 5.71. The Bertz CT molecular complexity index is 474. The molecule has 1 aromatic rings. The summed E-state index contributed by atoms with van der Waals surface area (Å²) in [4.78, 5) is 11.4. The second kappa shape index (κ2) is 5.79. The van der Waals surface area contributed by atoms with Crippen LogP contribution < -0.4 is 19.9 Å². The minimum atomic E-state index is -0.310. The van der Waals surface area contributed by atoms with Gasteiger partial charge in [0.05, 0.1) is 20.6 Å². The predicted molar refractivity (Wildman–Crippen MR) is 67.5 cm³/mol. The van der Waals surface area contributed by atoms with Crippen LogP contribution in [0.4, 0.5) is 0 Å². The number of hydrogen-bond donors (Lipinski definition) is 1. The topological polar surface area (TPSA) is 80.0 Å². The largest absolute Gasteiger partial charge is 0.496 e. The van der Waals surface area contributed by atoms with Crippen LogP contribution in [0.3, 0.4) is 0 Å². The molecule has 0 saturated carbocycles. The van der Waals surface area contributed by atoms with Crippen LogP contribution in [0.15, 0.2) is 12.1 Å². The van der Waals surface area contributed by atoms with Crippen LogP contribution in [0.5, 0.6) is 17.2 Å². The Morgan fingerprint density at radius 1 is 1.37 bits per heavy atom. The van der Waals surface area contributed by atoms with E-state index in [0.717, 1.165) is 5.56 Å². The number of nitrogens with two attached hydrogens (primary N) is 1. The molecule has 19 heavy (non-hydrogen) atoms. The first-order valence-corrected chi connectivity index (χ1v) is 5.94. The lowest BCUT2D eigenvalue weighted by atomic mass is 9.94. The number of benzene rings is 1. The predicted octanol–water partition coefficient (Wildman–Crippen LogP) is 1.03. The fraction of sp³-hybridized carbons (Fsp3) is 0.462. The molecule has 0 saturated heterocycles. The first-order chi connectivity index (χ1) is 9.19. The van der Waals surface area contributed by atoms with Crippen LogP contribution in [0, 0.1) is 0 Å². The SMILES string of the molecule is COC(=O)CC(CN)c1cc2c(cc1OC)OCO2. The van der Waals surface area contributed by atoms with Crippen LogP contribution in [0.2, 0.25) is 0 Å². The summed E-state index contributed by atoms with van der Waals surface area (Å²) in [5, 5.41) is 0. The van der Waals surface area contributed by atoms with E-state index in [9.17, 15) is 4.79 Å². The molecule has 0 aliphatic carbocycles. The summed E-state index contributed by atoms with van der Waals surface area (Å²) in [5.41, 5.74) is 6.56. The third-order valence-electron chi connectivity index (χ3n) is 3.09. The molecule has 1 aliphatic heterocycles. The Balaban J connectivity index is 2.33. The van der Waals surface area contributed by atoms with E-state index in [-0.39, 0.29) is 25.1 Å². The Labute approximate surface area is 111 Å². The summed E-state index contributed by atoms with van der Waals surface area (Å²) in [7, 11) is 2.92. The first-order valence-electron chi connectivity index (χ1n) is 5.94. The highest BCUT2D eigenvalue weighted by Crippen LogP contribution is 2.41. The Kier molecular flexibility index (Phi) is 4.11. The van der Waals surface area contributed by atoms with Gasteiger partial charge in [-0.15, -0.1) is 0 Å². The van der Waals surface area contributed by atoms with Crippen molar-refractivity contribution in [2.75, 3.05) is 27.6 Å². The molecule has 1 heterocycles. The molecule has 6 nitrogen and oxygen atoms in total. The molecule has 6 heteroatoms. The molecule has 0 bridgehead atoms. The molecule has 2 rings (SSSR count). The molecule has 0 amide bonds. The zero-order valence-electron chi connectivity index (χ0n) is 11.0.